The normalized spacial score (nSPS) is 12.4. The number of carbonyl (C=O) groups is 1. The number of amides is 1. The van der Waals surface area contributed by atoms with E-state index >= 15 is 0 Å². The largest absolute Gasteiger partial charge is 0.332 e. The molecule has 0 radical (unpaired) electrons. The fraction of sp³-hybridized carbons (Fsp3) is 0.556. The van der Waals surface area contributed by atoms with E-state index in [4.69, 9.17) is 12.2 Å². The van der Waals surface area contributed by atoms with Crippen LogP contribution < -0.4 is 15.4 Å². The molecule has 0 heterocycles. The lowest BCUT2D eigenvalue weighted by Gasteiger charge is -2.13. The van der Waals surface area contributed by atoms with Crippen LogP contribution in [-0.4, -0.2) is 25.5 Å². The number of unbranched alkanes of at least 4 members (excludes halogenated alkanes) is 3. The molecular weight excluding hydrogens is 370 g/mol. The lowest BCUT2D eigenvalue weighted by molar-refractivity contribution is -0.119. The predicted molar refractivity (Wildman–Crippen MR) is 110 cm³/mol. The summed E-state index contributed by atoms with van der Waals surface area (Å²) >= 11 is 5.12. The van der Waals surface area contributed by atoms with Gasteiger partial charge in [-0.15, -0.1) is 0 Å². The summed E-state index contributed by atoms with van der Waals surface area (Å²) in [6.45, 7) is 5.85. The second-order valence-electron chi connectivity index (χ2n) is 6.27. The van der Waals surface area contributed by atoms with Crippen molar-refractivity contribution >= 4 is 38.9 Å². The molecule has 0 aliphatic heterocycles. The third-order valence-electron chi connectivity index (χ3n) is 3.90. The van der Waals surface area contributed by atoms with Crippen molar-refractivity contribution in [3.8, 4) is 0 Å². The van der Waals surface area contributed by atoms with Crippen molar-refractivity contribution in [2.24, 2.45) is 0 Å². The molecule has 1 atom stereocenters. The minimum Gasteiger partial charge on any atom is -0.332 e. The van der Waals surface area contributed by atoms with E-state index in [1.165, 1.54) is 12.1 Å². The van der Waals surface area contributed by atoms with E-state index < -0.39 is 10.0 Å². The Kier molecular flexibility index (Phi) is 9.75. The lowest BCUT2D eigenvalue weighted by Crippen LogP contribution is -2.34. The number of rotatable bonds is 10. The summed E-state index contributed by atoms with van der Waals surface area (Å²) < 4.78 is 27.0. The Bertz CT molecular complexity index is 688. The van der Waals surface area contributed by atoms with Crippen LogP contribution in [0.5, 0.6) is 0 Å². The maximum absolute atomic E-state index is 12.2. The zero-order valence-corrected chi connectivity index (χ0v) is 17.3. The molecule has 26 heavy (non-hydrogen) atoms. The van der Waals surface area contributed by atoms with Gasteiger partial charge in [0.15, 0.2) is 5.11 Å². The molecule has 0 aliphatic carbocycles. The smallest absolute Gasteiger partial charge is 0.240 e. The molecule has 0 aromatic heterocycles. The number of sulfonamides is 1. The van der Waals surface area contributed by atoms with Crippen molar-refractivity contribution in [3.05, 3.63) is 24.3 Å². The Hall–Kier alpha value is -1.51. The van der Waals surface area contributed by atoms with Crippen LogP contribution in [0.25, 0.3) is 0 Å². The number of benzene rings is 1. The Balaban J connectivity index is 2.53. The molecular formula is C18H29N3O3S2. The van der Waals surface area contributed by atoms with Crippen molar-refractivity contribution in [1.29, 1.82) is 0 Å². The molecule has 1 aromatic rings. The van der Waals surface area contributed by atoms with Gasteiger partial charge in [-0.05, 0) is 56.2 Å². The molecule has 3 N–H and O–H groups in total. The van der Waals surface area contributed by atoms with Crippen molar-refractivity contribution < 1.29 is 13.2 Å². The third-order valence-corrected chi connectivity index (χ3v) is 5.71. The zero-order chi connectivity index (χ0) is 19.6. The monoisotopic (exact) mass is 399 g/mol. The summed E-state index contributed by atoms with van der Waals surface area (Å²) in [5.74, 6) is -0.115. The highest BCUT2D eigenvalue weighted by atomic mass is 32.2. The summed E-state index contributed by atoms with van der Waals surface area (Å²) in [6.07, 6.45) is 5.28. The molecule has 0 saturated heterocycles. The highest BCUT2D eigenvalue weighted by Crippen LogP contribution is 2.14. The molecule has 0 aliphatic rings. The summed E-state index contributed by atoms with van der Waals surface area (Å²) in [6, 6.07) is 6.11. The summed E-state index contributed by atoms with van der Waals surface area (Å²) in [7, 11) is -3.53. The van der Waals surface area contributed by atoms with Gasteiger partial charge in [0, 0.05) is 18.2 Å². The first-order valence-corrected chi connectivity index (χ1v) is 10.9. The van der Waals surface area contributed by atoms with Gasteiger partial charge in [-0.1, -0.05) is 33.1 Å². The summed E-state index contributed by atoms with van der Waals surface area (Å²) in [5, 5.41) is 5.73. The van der Waals surface area contributed by atoms with Crippen molar-refractivity contribution in [2.45, 2.75) is 70.2 Å². The molecule has 1 aromatic carbocycles. The standard InChI is InChI=1S/C18H29N3O3S2/c1-4-6-7-8-9-17(22)20-18(25)19-15-10-12-16(13-11-15)26(23,24)21-14(3)5-2/h10-14,21H,4-9H2,1-3H3,(H2,19,20,22,25). The molecule has 0 bridgehead atoms. The molecule has 8 heteroatoms. The van der Waals surface area contributed by atoms with Gasteiger partial charge in [0.1, 0.15) is 0 Å². The second-order valence-corrected chi connectivity index (χ2v) is 8.39. The van der Waals surface area contributed by atoms with E-state index in [-0.39, 0.29) is 22.0 Å². The Morgan fingerprint density at radius 2 is 1.77 bits per heavy atom. The van der Waals surface area contributed by atoms with Gasteiger partial charge >= 0.3 is 0 Å². The quantitative estimate of drug-likeness (QED) is 0.414. The van der Waals surface area contributed by atoms with Gasteiger partial charge in [0.05, 0.1) is 4.90 Å². The van der Waals surface area contributed by atoms with E-state index in [9.17, 15) is 13.2 Å². The number of thiocarbonyl (C=S) groups is 1. The average Bonchev–Trinajstić information content (AvgIpc) is 2.58. The topological polar surface area (TPSA) is 87.3 Å². The van der Waals surface area contributed by atoms with E-state index in [0.717, 1.165) is 25.7 Å². The van der Waals surface area contributed by atoms with Crippen LogP contribution in [0.3, 0.4) is 0 Å². The van der Waals surface area contributed by atoms with E-state index in [0.29, 0.717) is 18.5 Å². The van der Waals surface area contributed by atoms with E-state index in [2.05, 4.69) is 22.3 Å². The van der Waals surface area contributed by atoms with E-state index in [1.54, 1.807) is 12.1 Å². The summed E-state index contributed by atoms with van der Waals surface area (Å²) in [5.41, 5.74) is 0.615. The van der Waals surface area contributed by atoms with Gasteiger partial charge in [-0.2, -0.15) is 0 Å². The molecule has 0 spiro atoms. The first-order valence-electron chi connectivity index (χ1n) is 9.01. The highest BCUT2D eigenvalue weighted by molar-refractivity contribution is 7.89. The number of nitrogens with one attached hydrogen (secondary N) is 3. The Morgan fingerprint density at radius 3 is 2.35 bits per heavy atom. The van der Waals surface area contributed by atoms with Crippen LogP contribution in [0.15, 0.2) is 29.2 Å². The molecule has 1 amide bonds. The highest BCUT2D eigenvalue weighted by Gasteiger charge is 2.16. The second kappa shape index (κ2) is 11.3. The molecule has 146 valence electrons. The van der Waals surface area contributed by atoms with Crippen LogP contribution in [0.1, 0.15) is 59.3 Å². The minimum absolute atomic E-state index is 0.115. The number of hydrogen-bond donors (Lipinski definition) is 3. The van der Waals surface area contributed by atoms with Gasteiger partial charge in [-0.3, -0.25) is 4.79 Å². The van der Waals surface area contributed by atoms with Gasteiger partial charge in [0.25, 0.3) is 0 Å². The van der Waals surface area contributed by atoms with Crippen LogP contribution in [0, 0.1) is 0 Å². The zero-order valence-electron chi connectivity index (χ0n) is 15.7. The van der Waals surface area contributed by atoms with E-state index in [1.807, 2.05) is 13.8 Å². The van der Waals surface area contributed by atoms with Crippen molar-refractivity contribution in [3.63, 3.8) is 0 Å². The Labute approximate surface area is 162 Å². The van der Waals surface area contributed by atoms with Crippen LogP contribution >= 0.6 is 12.2 Å². The SMILES string of the molecule is CCCCCCC(=O)NC(=S)Nc1ccc(S(=O)(=O)NC(C)CC)cc1. The maximum atomic E-state index is 12.2. The van der Waals surface area contributed by atoms with Crippen LogP contribution in [0.4, 0.5) is 5.69 Å². The molecule has 1 unspecified atom stereocenters. The molecule has 6 nitrogen and oxygen atoms in total. The van der Waals surface area contributed by atoms with Gasteiger partial charge < -0.3 is 10.6 Å². The molecule has 1 rings (SSSR count). The first kappa shape index (κ1) is 22.5. The van der Waals surface area contributed by atoms with Gasteiger partial charge in [-0.25, -0.2) is 13.1 Å². The Morgan fingerprint density at radius 1 is 1.12 bits per heavy atom. The van der Waals surface area contributed by atoms with Gasteiger partial charge in [0.2, 0.25) is 15.9 Å². The summed E-state index contributed by atoms with van der Waals surface area (Å²) in [4.78, 5) is 12.0. The first-order chi connectivity index (χ1) is 12.3. The number of carbonyl (C=O) groups excluding carboxylic acids is 1. The minimum atomic E-state index is -3.53. The fourth-order valence-electron chi connectivity index (χ4n) is 2.20. The van der Waals surface area contributed by atoms with Crippen LogP contribution in [-0.2, 0) is 14.8 Å². The average molecular weight is 400 g/mol. The molecule has 0 fully saturated rings. The number of anilines is 1. The molecule has 0 saturated carbocycles. The lowest BCUT2D eigenvalue weighted by atomic mass is 10.1. The third kappa shape index (κ3) is 8.25. The number of hydrogen-bond acceptors (Lipinski definition) is 4. The van der Waals surface area contributed by atoms with Crippen molar-refractivity contribution in [2.75, 3.05) is 5.32 Å². The van der Waals surface area contributed by atoms with Crippen LogP contribution in [0.2, 0.25) is 0 Å². The van der Waals surface area contributed by atoms with Crippen molar-refractivity contribution in [1.82, 2.24) is 10.0 Å². The predicted octanol–water partition coefficient (Wildman–Crippen LogP) is 3.55. The maximum Gasteiger partial charge on any atom is 0.240 e. The fourth-order valence-corrected chi connectivity index (χ4v) is 3.76.